The number of aromatic amines is 1. The molecule has 0 aromatic carbocycles. The van der Waals surface area contributed by atoms with Gasteiger partial charge in [-0.1, -0.05) is 13.8 Å². The molecule has 2 atom stereocenters. The van der Waals surface area contributed by atoms with E-state index in [9.17, 15) is 14.4 Å². The highest BCUT2D eigenvalue weighted by atomic mass is 16.2. The quantitative estimate of drug-likeness (QED) is 0.889. The standard InChI is InChI=1S/C18H26N4O3/c1-12(2)7-10-22-15-8-9-21(11-13(15)3-6-17(22)24)18(25)14-4-5-16(23)20-19-14/h4-5,12-13,15H,3,6-11H2,1-2H3,(H,20,23)/t13-,15+/m0/s1. The average molecular weight is 346 g/mol. The molecule has 7 nitrogen and oxygen atoms in total. The van der Waals surface area contributed by atoms with Crippen molar-refractivity contribution in [1.82, 2.24) is 20.0 Å². The SMILES string of the molecule is CC(C)CCN1C(=O)CC[C@H]2CN(C(=O)c3ccc(=O)[nH]n3)CC[C@H]21. The molecule has 0 unspecified atom stereocenters. The van der Waals surface area contributed by atoms with Gasteiger partial charge in [0.15, 0.2) is 0 Å². The van der Waals surface area contributed by atoms with E-state index < -0.39 is 0 Å². The lowest BCUT2D eigenvalue weighted by atomic mass is 9.83. The van der Waals surface area contributed by atoms with Gasteiger partial charge >= 0.3 is 0 Å². The smallest absolute Gasteiger partial charge is 0.274 e. The summed E-state index contributed by atoms with van der Waals surface area (Å²) in [6.07, 6.45) is 3.23. The monoisotopic (exact) mass is 346 g/mol. The van der Waals surface area contributed by atoms with Crippen molar-refractivity contribution < 1.29 is 9.59 Å². The summed E-state index contributed by atoms with van der Waals surface area (Å²) in [5.41, 5.74) is -0.0524. The fraction of sp³-hybridized carbons (Fsp3) is 0.667. The molecule has 2 fully saturated rings. The maximum Gasteiger partial charge on any atom is 0.274 e. The number of amides is 2. The summed E-state index contributed by atoms with van der Waals surface area (Å²) < 4.78 is 0. The zero-order chi connectivity index (χ0) is 18.0. The normalized spacial score (nSPS) is 23.7. The number of hydrogen-bond acceptors (Lipinski definition) is 4. The van der Waals surface area contributed by atoms with Gasteiger partial charge in [-0.05, 0) is 37.2 Å². The van der Waals surface area contributed by atoms with E-state index in [4.69, 9.17) is 0 Å². The van der Waals surface area contributed by atoms with Crippen molar-refractivity contribution in [2.24, 2.45) is 11.8 Å². The number of likely N-dealkylation sites (tertiary alicyclic amines) is 2. The number of nitrogens with one attached hydrogen (secondary N) is 1. The molecular formula is C18H26N4O3. The molecule has 2 saturated heterocycles. The Morgan fingerprint density at radius 3 is 2.80 bits per heavy atom. The van der Waals surface area contributed by atoms with Crippen molar-refractivity contribution in [3.05, 3.63) is 28.2 Å². The molecule has 136 valence electrons. The van der Waals surface area contributed by atoms with Crippen molar-refractivity contribution in [3.8, 4) is 0 Å². The van der Waals surface area contributed by atoms with Crippen LogP contribution in [0.15, 0.2) is 16.9 Å². The molecule has 2 aliphatic rings. The molecule has 2 amide bonds. The summed E-state index contributed by atoms with van der Waals surface area (Å²) in [5.74, 6) is 0.996. The summed E-state index contributed by atoms with van der Waals surface area (Å²) in [6, 6.07) is 3.03. The fourth-order valence-corrected chi connectivity index (χ4v) is 3.85. The van der Waals surface area contributed by atoms with Crippen LogP contribution in [0, 0.1) is 11.8 Å². The van der Waals surface area contributed by atoms with E-state index in [1.807, 2.05) is 4.90 Å². The maximum absolute atomic E-state index is 12.6. The predicted octanol–water partition coefficient (Wildman–Crippen LogP) is 1.27. The Hall–Kier alpha value is -2.18. The molecular weight excluding hydrogens is 320 g/mol. The molecule has 1 aromatic rings. The van der Waals surface area contributed by atoms with Crippen LogP contribution in [0.1, 0.15) is 50.0 Å². The average Bonchev–Trinajstić information content (AvgIpc) is 2.60. The van der Waals surface area contributed by atoms with Crippen molar-refractivity contribution in [2.45, 2.75) is 45.6 Å². The van der Waals surface area contributed by atoms with Crippen molar-refractivity contribution >= 4 is 11.8 Å². The van der Waals surface area contributed by atoms with Gasteiger partial charge in [-0.3, -0.25) is 14.4 Å². The first-order valence-corrected chi connectivity index (χ1v) is 9.10. The Morgan fingerprint density at radius 2 is 2.12 bits per heavy atom. The van der Waals surface area contributed by atoms with Gasteiger partial charge in [-0.15, -0.1) is 0 Å². The highest BCUT2D eigenvalue weighted by Crippen LogP contribution is 2.32. The highest BCUT2D eigenvalue weighted by Gasteiger charge is 2.40. The number of carbonyl (C=O) groups excluding carboxylic acids is 2. The van der Waals surface area contributed by atoms with E-state index >= 15 is 0 Å². The van der Waals surface area contributed by atoms with E-state index in [0.29, 0.717) is 31.3 Å². The predicted molar refractivity (Wildman–Crippen MR) is 93.1 cm³/mol. The van der Waals surface area contributed by atoms with Crippen LogP contribution in [0.4, 0.5) is 0 Å². The van der Waals surface area contributed by atoms with Crippen molar-refractivity contribution in [2.75, 3.05) is 19.6 Å². The molecule has 0 aliphatic carbocycles. The van der Waals surface area contributed by atoms with Gasteiger partial charge in [-0.2, -0.15) is 5.10 Å². The molecule has 1 N–H and O–H groups in total. The first-order chi connectivity index (χ1) is 12.0. The van der Waals surface area contributed by atoms with E-state index in [-0.39, 0.29) is 29.1 Å². The Morgan fingerprint density at radius 1 is 1.32 bits per heavy atom. The zero-order valence-corrected chi connectivity index (χ0v) is 14.9. The van der Waals surface area contributed by atoms with Crippen LogP contribution >= 0.6 is 0 Å². The summed E-state index contributed by atoms with van der Waals surface area (Å²) in [7, 11) is 0. The Bertz CT molecular complexity index is 679. The van der Waals surface area contributed by atoms with Crippen LogP contribution in [0.2, 0.25) is 0 Å². The lowest BCUT2D eigenvalue weighted by molar-refractivity contribution is -0.140. The van der Waals surface area contributed by atoms with Gasteiger partial charge in [0.1, 0.15) is 5.69 Å². The van der Waals surface area contributed by atoms with Crippen LogP contribution in [0.3, 0.4) is 0 Å². The Labute approximate surface area is 147 Å². The van der Waals surface area contributed by atoms with Crippen LogP contribution < -0.4 is 5.56 Å². The van der Waals surface area contributed by atoms with Gasteiger partial charge < -0.3 is 9.80 Å². The molecule has 2 aliphatic heterocycles. The lowest BCUT2D eigenvalue weighted by Gasteiger charge is -2.47. The summed E-state index contributed by atoms with van der Waals surface area (Å²) >= 11 is 0. The summed E-state index contributed by atoms with van der Waals surface area (Å²) in [4.78, 5) is 39.9. The minimum Gasteiger partial charge on any atom is -0.339 e. The van der Waals surface area contributed by atoms with Crippen molar-refractivity contribution in [1.29, 1.82) is 0 Å². The number of fused-ring (bicyclic) bond motifs is 1. The first kappa shape index (κ1) is 17.6. The molecule has 0 radical (unpaired) electrons. The van der Waals surface area contributed by atoms with Gasteiger partial charge in [-0.25, -0.2) is 5.10 Å². The fourth-order valence-electron chi connectivity index (χ4n) is 3.85. The number of H-pyrrole nitrogens is 1. The number of piperidine rings is 2. The van der Waals surface area contributed by atoms with Crippen molar-refractivity contribution in [3.63, 3.8) is 0 Å². The Balaban J connectivity index is 1.67. The largest absolute Gasteiger partial charge is 0.339 e. The molecule has 7 heteroatoms. The first-order valence-electron chi connectivity index (χ1n) is 9.10. The molecule has 3 heterocycles. The van der Waals surface area contributed by atoms with E-state index in [1.54, 1.807) is 4.90 Å². The number of nitrogens with zero attached hydrogens (tertiary/aromatic N) is 3. The zero-order valence-electron chi connectivity index (χ0n) is 14.9. The second-order valence-corrected chi connectivity index (χ2v) is 7.48. The number of aromatic nitrogens is 2. The molecule has 3 rings (SSSR count). The summed E-state index contributed by atoms with van der Waals surface area (Å²) in [6.45, 7) is 6.42. The molecule has 0 saturated carbocycles. The third-order valence-electron chi connectivity index (χ3n) is 5.28. The maximum atomic E-state index is 12.6. The van der Waals surface area contributed by atoms with Gasteiger partial charge in [0.05, 0.1) is 0 Å². The van der Waals surface area contributed by atoms with Crippen LogP contribution in [0.5, 0.6) is 0 Å². The third kappa shape index (κ3) is 3.91. The van der Waals surface area contributed by atoms with Crippen LogP contribution in [-0.2, 0) is 4.79 Å². The van der Waals surface area contributed by atoms with Crippen LogP contribution in [-0.4, -0.2) is 57.5 Å². The van der Waals surface area contributed by atoms with Crippen LogP contribution in [0.25, 0.3) is 0 Å². The molecule has 25 heavy (non-hydrogen) atoms. The Kier molecular flexibility index (Phi) is 5.20. The molecule has 0 spiro atoms. The number of hydrogen-bond donors (Lipinski definition) is 1. The summed E-state index contributed by atoms with van der Waals surface area (Å²) in [5, 5.41) is 6.15. The van der Waals surface area contributed by atoms with E-state index in [0.717, 1.165) is 25.8 Å². The molecule has 1 aromatic heterocycles. The molecule has 0 bridgehead atoms. The van der Waals surface area contributed by atoms with Gasteiger partial charge in [0.25, 0.3) is 11.5 Å². The van der Waals surface area contributed by atoms with Gasteiger partial charge in [0, 0.05) is 38.2 Å². The minimum atomic E-state index is -0.318. The minimum absolute atomic E-state index is 0.152. The lowest BCUT2D eigenvalue weighted by Crippen LogP contribution is -2.57. The third-order valence-corrected chi connectivity index (χ3v) is 5.28. The topological polar surface area (TPSA) is 86.4 Å². The van der Waals surface area contributed by atoms with Gasteiger partial charge in [0.2, 0.25) is 5.91 Å². The van der Waals surface area contributed by atoms with E-state index in [1.165, 1.54) is 12.1 Å². The second kappa shape index (κ2) is 7.37. The number of rotatable bonds is 4. The second-order valence-electron chi connectivity index (χ2n) is 7.48. The van der Waals surface area contributed by atoms with E-state index in [2.05, 4.69) is 24.0 Å². The highest BCUT2D eigenvalue weighted by molar-refractivity contribution is 5.92. The number of carbonyl (C=O) groups is 2.